The van der Waals surface area contributed by atoms with E-state index < -0.39 is 0 Å². The van der Waals surface area contributed by atoms with Gasteiger partial charge in [-0.3, -0.25) is 4.90 Å². The van der Waals surface area contributed by atoms with Gasteiger partial charge in [0.25, 0.3) is 0 Å². The molecule has 0 spiro atoms. The van der Waals surface area contributed by atoms with Gasteiger partial charge >= 0.3 is 0 Å². The Labute approximate surface area is 126 Å². The van der Waals surface area contributed by atoms with Crippen LogP contribution in [0.1, 0.15) is 36.4 Å². The highest BCUT2D eigenvalue weighted by Gasteiger charge is 2.20. The van der Waals surface area contributed by atoms with E-state index in [1.54, 1.807) is 0 Å². The van der Waals surface area contributed by atoms with Gasteiger partial charge < -0.3 is 4.74 Å². The second-order valence-electron chi connectivity index (χ2n) is 5.70. The lowest BCUT2D eigenvalue weighted by Crippen LogP contribution is -2.29. The maximum Gasteiger partial charge on any atom is 0.213 e. The number of nitrogens with zero attached hydrogens (tertiary/aromatic N) is 2. The molecule has 0 N–H and O–H groups in total. The van der Waals surface area contributed by atoms with Gasteiger partial charge in [0.05, 0.1) is 0 Å². The average molecular weight is 282 g/mol. The Morgan fingerprint density at radius 2 is 2.00 bits per heavy atom. The smallest absolute Gasteiger partial charge is 0.213 e. The van der Waals surface area contributed by atoms with Gasteiger partial charge in [-0.25, -0.2) is 4.98 Å². The Morgan fingerprint density at radius 1 is 1.14 bits per heavy atom. The average Bonchev–Trinajstić information content (AvgIpc) is 2.55. The number of piperidine rings is 1. The Bertz CT molecular complexity index is 553. The van der Waals surface area contributed by atoms with Gasteiger partial charge in [0.1, 0.15) is 6.61 Å². The molecule has 1 aliphatic rings. The zero-order valence-electron chi connectivity index (χ0n) is 12.5. The molecule has 0 bridgehead atoms. The predicted octanol–water partition coefficient (Wildman–Crippen LogP) is 3.82. The molecule has 0 saturated carbocycles. The molecule has 3 nitrogen and oxygen atoms in total. The normalized spacial score (nSPS) is 19.4. The van der Waals surface area contributed by atoms with Gasteiger partial charge in [-0.1, -0.05) is 42.8 Å². The molecule has 3 heteroatoms. The molecule has 2 aromatic rings. The second kappa shape index (κ2) is 6.72. The molecule has 1 atom stereocenters. The predicted molar refractivity (Wildman–Crippen MR) is 84.2 cm³/mol. The molecule has 0 amide bonds. The molecule has 1 aromatic heterocycles. The molecular weight excluding hydrogens is 260 g/mol. The number of hydrogen-bond donors (Lipinski definition) is 0. The van der Waals surface area contributed by atoms with E-state index in [9.17, 15) is 0 Å². The van der Waals surface area contributed by atoms with Crippen LogP contribution in [0.15, 0.2) is 48.7 Å². The van der Waals surface area contributed by atoms with Crippen molar-refractivity contribution in [3.8, 4) is 5.88 Å². The van der Waals surface area contributed by atoms with Crippen LogP contribution in [0.4, 0.5) is 0 Å². The minimum atomic E-state index is 0.509. The number of ether oxygens (including phenoxy) is 1. The fourth-order valence-corrected chi connectivity index (χ4v) is 2.90. The summed E-state index contributed by atoms with van der Waals surface area (Å²) in [5, 5.41) is 0. The summed E-state index contributed by atoms with van der Waals surface area (Å²) in [6, 6.07) is 14.8. The largest absolute Gasteiger partial charge is 0.473 e. The highest BCUT2D eigenvalue weighted by atomic mass is 16.5. The zero-order valence-corrected chi connectivity index (χ0v) is 12.5. The van der Waals surface area contributed by atoms with E-state index in [0.29, 0.717) is 18.5 Å². The number of benzene rings is 1. The summed E-state index contributed by atoms with van der Waals surface area (Å²) in [5.74, 6) is 0.695. The number of rotatable bonds is 4. The summed E-state index contributed by atoms with van der Waals surface area (Å²) in [6.45, 7) is 1.74. The quantitative estimate of drug-likeness (QED) is 0.852. The number of hydrogen-bond acceptors (Lipinski definition) is 3. The monoisotopic (exact) mass is 282 g/mol. The minimum Gasteiger partial charge on any atom is -0.473 e. The Kier molecular flexibility index (Phi) is 4.51. The Hall–Kier alpha value is -1.87. The highest BCUT2D eigenvalue weighted by Crippen LogP contribution is 2.29. The van der Waals surface area contributed by atoms with Crippen LogP contribution in [-0.2, 0) is 6.61 Å². The number of aromatic nitrogens is 1. The van der Waals surface area contributed by atoms with Crippen LogP contribution < -0.4 is 4.74 Å². The molecule has 3 rings (SSSR count). The van der Waals surface area contributed by atoms with E-state index in [0.717, 1.165) is 5.56 Å². The Morgan fingerprint density at radius 3 is 2.71 bits per heavy atom. The van der Waals surface area contributed by atoms with Crippen LogP contribution in [0, 0.1) is 0 Å². The van der Waals surface area contributed by atoms with Crippen LogP contribution in [0.2, 0.25) is 0 Å². The van der Waals surface area contributed by atoms with E-state index in [4.69, 9.17) is 4.74 Å². The van der Waals surface area contributed by atoms with Gasteiger partial charge in [-0.05, 0) is 37.6 Å². The van der Waals surface area contributed by atoms with Gasteiger partial charge in [0, 0.05) is 18.3 Å². The third kappa shape index (κ3) is 3.61. The first kappa shape index (κ1) is 14.1. The fraction of sp³-hybridized carbons (Fsp3) is 0.389. The molecule has 2 heterocycles. The van der Waals surface area contributed by atoms with Crippen molar-refractivity contribution in [1.29, 1.82) is 0 Å². The molecule has 21 heavy (non-hydrogen) atoms. The molecule has 0 radical (unpaired) electrons. The minimum absolute atomic E-state index is 0.509. The second-order valence-corrected chi connectivity index (χ2v) is 5.70. The molecule has 1 saturated heterocycles. The van der Waals surface area contributed by atoms with Crippen molar-refractivity contribution in [3.05, 3.63) is 59.8 Å². The standard InChI is InChI=1S/C18H22N2O/c1-20-12-6-5-9-17(20)16-10-11-18(19-13-16)21-14-15-7-3-2-4-8-15/h2-4,7-8,10-11,13,17H,5-6,9,12,14H2,1H3. The van der Waals surface area contributed by atoms with Crippen LogP contribution >= 0.6 is 0 Å². The first-order chi connectivity index (χ1) is 10.3. The van der Waals surface area contributed by atoms with E-state index in [1.165, 1.54) is 31.4 Å². The lowest BCUT2D eigenvalue weighted by molar-refractivity contribution is 0.187. The van der Waals surface area contributed by atoms with Crippen molar-refractivity contribution in [2.24, 2.45) is 0 Å². The van der Waals surface area contributed by atoms with Crippen LogP contribution in [0.25, 0.3) is 0 Å². The highest BCUT2D eigenvalue weighted by molar-refractivity contribution is 5.22. The van der Waals surface area contributed by atoms with Crippen molar-refractivity contribution < 1.29 is 4.74 Å². The van der Waals surface area contributed by atoms with E-state index in [1.807, 2.05) is 30.5 Å². The van der Waals surface area contributed by atoms with Crippen LogP contribution in [0.5, 0.6) is 5.88 Å². The van der Waals surface area contributed by atoms with Gasteiger partial charge in [0.15, 0.2) is 0 Å². The van der Waals surface area contributed by atoms with Crippen molar-refractivity contribution in [3.63, 3.8) is 0 Å². The van der Waals surface area contributed by atoms with Gasteiger partial charge in [-0.2, -0.15) is 0 Å². The van der Waals surface area contributed by atoms with Crippen LogP contribution in [0.3, 0.4) is 0 Å². The van der Waals surface area contributed by atoms with Crippen molar-refractivity contribution in [1.82, 2.24) is 9.88 Å². The number of likely N-dealkylation sites (tertiary alicyclic amines) is 1. The summed E-state index contributed by atoms with van der Waals surface area (Å²) >= 11 is 0. The number of pyridine rings is 1. The maximum absolute atomic E-state index is 5.74. The van der Waals surface area contributed by atoms with E-state index in [-0.39, 0.29) is 0 Å². The molecule has 110 valence electrons. The molecular formula is C18H22N2O. The van der Waals surface area contributed by atoms with Crippen molar-refractivity contribution >= 4 is 0 Å². The first-order valence-corrected chi connectivity index (χ1v) is 7.66. The zero-order chi connectivity index (χ0) is 14.5. The van der Waals surface area contributed by atoms with E-state index >= 15 is 0 Å². The lowest BCUT2D eigenvalue weighted by atomic mass is 9.97. The van der Waals surface area contributed by atoms with Crippen molar-refractivity contribution in [2.45, 2.75) is 31.9 Å². The third-order valence-corrected chi connectivity index (χ3v) is 4.14. The topological polar surface area (TPSA) is 25.4 Å². The lowest BCUT2D eigenvalue weighted by Gasteiger charge is -2.32. The first-order valence-electron chi connectivity index (χ1n) is 7.66. The summed E-state index contributed by atoms with van der Waals surface area (Å²) < 4.78 is 5.74. The van der Waals surface area contributed by atoms with Crippen molar-refractivity contribution in [2.75, 3.05) is 13.6 Å². The summed E-state index contributed by atoms with van der Waals surface area (Å²) in [7, 11) is 2.20. The Balaban J connectivity index is 1.61. The summed E-state index contributed by atoms with van der Waals surface area (Å²) in [5.41, 5.74) is 2.46. The molecule has 1 aromatic carbocycles. The van der Waals surface area contributed by atoms with Gasteiger partial charge in [-0.15, -0.1) is 0 Å². The third-order valence-electron chi connectivity index (χ3n) is 4.14. The SMILES string of the molecule is CN1CCCCC1c1ccc(OCc2ccccc2)nc1. The molecule has 0 aliphatic carbocycles. The molecule has 1 aliphatic heterocycles. The van der Waals surface area contributed by atoms with Gasteiger partial charge in [0.2, 0.25) is 5.88 Å². The van der Waals surface area contributed by atoms with Crippen LogP contribution in [-0.4, -0.2) is 23.5 Å². The molecule has 1 fully saturated rings. The summed E-state index contributed by atoms with van der Waals surface area (Å²) in [4.78, 5) is 6.88. The summed E-state index contributed by atoms with van der Waals surface area (Å²) in [6.07, 6.45) is 5.80. The van der Waals surface area contributed by atoms with E-state index in [2.05, 4.69) is 35.1 Å². The molecule has 1 unspecified atom stereocenters. The fourth-order valence-electron chi connectivity index (χ4n) is 2.90. The maximum atomic E-state index is 5.74.